The van der Waals surface area contributed by atoms with Gasteiger partial charge in [-0.3, -0.25) is 4.99 Å². The molecular weight excluding hydrogens is 445 g/mol. The Hall–Kier alpha value is -2.16. The first kappa shape index (κ1) is 21.9. The zero-order chi connectivity index (χ0) is 17.9. The number of aliphatic imine (C=N–C) groups is 1. The molecule has 6 nitrogen and oxygen atoms in total. The van der Waals surface area contributed by atoms with Crippen molar-refractivity contribution in [2.24, 2.45) is 4.99 Å². The molecule has 0 radical (unpaired) electrons. The van der Waals surface area contributed by atoms with Crippen molar-refractivity contribution < 1.29 is 13.9 Å². The summed E-state index contributed by atoms with van der Waals surface area (Å²) in [4.78, 5) is 4.56. The molecule has 2 aromatic rings. The maximum atomic E-state index is 5.54. The molecule has 0 fully saturated rings. The lowest BCUT2D eigenvalue weighted by Gasteiger charge is -2.14. The minimum absolute atomic E-state index is 0. The highest BCUT2D eigenvalue weighted by Gasteiger charge is 2.07. The van der Waals surface area contributed by atoms with Crippen LogP contribution in [0.25, 0.3) is 0 Å². The summed E-state index contributed by atoms with van der Waals surface area (Å²) in [5.41, 5.74) is 0.855. The van der Waals surface area contributed by atoms with Crippen molar-refractivity contribution >= 4 is 35.6 Å². The number of hydrogen-bond donors (Lipinski definition) is 2. The van der Waals surface area contributed by atoms with E-state index < -0.39 is 0 Å². The van der Waals surface area contributed by atoms with E-state index in [0.717, 1.165) is 17.9 Å². The zero-order valence-electron chi connectivity index (χ0n) is 15.2. The molecule has 0 atom stereocenters. The summed E-state index contributed by atoms with van der Waals surface area (Å²) in [6, 6.07) is 9.49. The van der Waals surface area contributed by atoms with Crippen LogP contribution in [0.1, 0.15) is 12.7 Å². The molecule has 7 heteroatoms. The fraction of sp³-hybridized carbons (Fsp3) is 0.316. The lowest BCUT2D eigenvalue weighted by Crippen LogP contribution is -2.31. The van der Waals surface area contributed by atoms with Crippen LogP contribution in [-0.4, -0.2) is 32.8 Å². The van der Waals surface area contributed by atoms with Crippen LogP contribution in [-0.2, 0) is 6.42 Å². The van der Waals surface area contributed by atoms with Gasteiger partial charge in [-0.2, -0.15) is 0 Å². The third-order valence-electron chi connectivity index (χ3n) is 3.35. The van der Waals surface area contributed by atoms with Gasteiger partial charge < -0.3 is 24.5 Å². The van der Waals surface area contributed by atoms with E-state index >= 15 is 0 Å². The Balaban J connectivity index is 0.00000338. The van der Waals surface area contributed by atoms with Gasteiger partial charge in [0.15, 0.2) is 17.5 Å². The van der Waals surface area contributed by atoms with Gasteiger partial charge in [-0.1, -0.05) is 6.08 Å². The second kappa shape index (κ2) is 12.2. The molecule has 142 valence electrons. The van der Waals surface area contributed by atoms with E-state index in [4.69, 9.17) is 13.9 Å². The van der Waals surface area contributed by atoms with E-state index in [2.05, 4.69) is 22.2 Å². The van der Waals surface area contributed by atoms with Crippen molar-refractivity contribution in [3.63, 3.8) is 0 Å². The summed E-state index contributed by atoms with van der Waals surface area (Å²) in [5.74, 6) is 2.96. The second-order valence-corrected chi connectivity index (χ2v) is 5.15. The number of nitrogens with zero attached hydrogens (tertiary/aromatic N) is 1. The third-order valence-corrected chi connectivity index (χ3v) is 3.35. The largest absolute Gasteiger partial charge is 0.493 e. The average molecular weight is 471 g/mol. The molecule has 1 heterocycles. The number of benzene rings is 1. The minimum Gasteiger partial charge on any atom is -0.493 e. The highest BCUT2D eigenvalue weighted by molar-refractivity contribution is 14.0. The molecular formula is C19H26IN3O3. The van der Waals surface area contributed by atoms with Crippen LogP contribution in [0.3, 0.4) is 0 Å². The molecule has 1 aromatic carbocycles. The Kier molecular flexibility index (Phi) is 10.3. The SMILES string of the molecule is C=CCNC(=NCCc1ccco1)Nc1ccc(OCC)c(OC)c1.I. The molecule has 0 aliphatic heterocycles. The third kappa shape index (κ3) is 6.99. The van der Waals surface area contributed by atoms with Crippen molar-refractivity contribution in [3.05, 3.63) is 55.0 Å². The van der Waals surface area contributed by atoms with Crippen molar-refractivity contribution in [1.82, 2.24) is 5.32 Å². The van der Waals surface area contributed by atoms with E-state index in [0.29, 0.717) is 37.2 Å². The minimum atomic E-state index is 0. The summed E-state index contributed by atoms with van der Waals surface area (Å²) in [7, 11) is 1.62. The topological polar surface area (TPSA) is 68.0 Å². The lowest BCUT2D eigenvalue weighted by atomic mass is 10.2. The maximum absolute atomic E-state index is 5.54. The Morgan fingerprint density at radius 1 is 1.31 bits per heavy atom. The molecule has 0 saturated heterocycles. The monoisotopic (exact) mass is 471 g/mol. The number of halogens is 1. The number of guanidine groups is 1. The molecule has 2 rings (SSSR count). The number of ether oxygens (including phenoxy) is 2. The Morgan fingerprint density at radius 3 is 2.81 bits per heavy atom. The van der Waals surface area contributed by atoms with Gasteiger partial charge in [0, 0.05) is 31.3 Å². The second-order valence-electron chi connectivity index (χ2n) is 5.15. The fourth-order valence-electron chi connectivity index (χ4n) is 2.20. The molecule has 0 bridgehead atoms. The number of methoxy groups -OCH3 is 1. The Morgan fingerprint density at radius 2 is 2.15 bits per heavy atom. The van der Waals surface area contributed by atoms with Crippen LogP contribution in [0.2, 0.25) is 0 Å². The van der Waals surface area contributed by atoms with Crippen LogP contribution in [0, 0.1) is 0 Å². The summed E-state index contributed by atoms with van der Waals surface area (Å²) in [6.45, 7) is 7.47. The van der Waals surface area contributed by atoms with E-state index in [-0.39, 0.29) is 24.0 Å². The summed E-state index contributed by atoms with van der Waals surface area (Å²) >= 11 is 0. The van der Waals surface area contributed by atoms with E-state index in [9.17, 15) is 0 Å². The Bertz CT molecular complexity index is 687. The molecule has 0 saturated carbocycles. The Labute approximate surface area is 171 Å². The zero-order valence-corrected chi connectivity index (χ0v) is 17.5. The summed E-state index contributed by atoms with van der Waals surface area (Å²) in [5, 5.41) is 6.46. The number of anilines is 1. The van der Waals surface area contributed by atoms with Gasteiger partial charge in [0.2, 0.25) is 0 Å². The van der Waals surface area contributed by atoms with Gasteiger partial charge in [-0.25, -0.2) is 0 Å². The highest BCUT2D eigenvalue weighted by atomic mass is 127. The lowest BCUT2D eigenvalue weighted by molar-refractivity contribution is 0.311. The van der Waals surface area contributed by atoms with Gasteiger partial charge in [0.1, 0.15) is 5.76 Å². The van der Waals surface area contributed by atoms with Gasteiger partial charge in [0.05, 0.1) is 20.0 Å². The van der Waals surface area contributed by atoms with Gasteiger partial charge in [-0.15, -0.1) is 30.6 Å². The molecule has 1 aromatic heterocycles. The van der Waals surface area contributed by atoms with Crippen molar-refractivity contribution in [2.75, 3.05) is 32.1 Å². The smallest absolute Gasteiger partial charge is 0.196 e. The van der Waals surface area contributed by atoms with Crippen molar-refractivity contribution in [3.8, 4) is 11.5 Å². The normalized spacial score (nSPS) is 10.6. The van der Waals surface area contributed by atoms with Crippen LogP contribution in [0.15, 0.2) is 58.7 Å². The quantitative estimate of drug-likeness (QED) is 0.250. The van der Waals surface area contributed by atoms with E-state index in [1.54, 1.807) is 19.4 Å². The molecule has 0 aliphatic carbocycles. The number of nitrogens with one attached hydrogen (secondary N) is 2. The molecule has 0 spiro atoms. The van der Waals surface area contributed by atoms with E-state index in [1.807, 2.05) is 37.3 Å². The molecule has 26 heavy (non-hydrogen) atoms. The van der Waals surface area contributed by atoms with Crippen LogP contribution < -0.4 is 20.1 Å². The summed E-state index contributed by atoms with van der Waals surface area (Å²) in [6.07, 6.45) is 4.18. The number of hydrogen-bond acceptors (Lipinski definition) is 4. The van der Waals surface area contributed by atoms with Crippen molar-refractivity contribution in [2.45, 2.75) is 13.3 Å². The number of furan rings is 1. The standard InChI is InChI=1S/C19H25N3O3.HI/c1-4-11-20-19(21-12-10-16-7-6-13-25-16)22-15-8-9-17(24-5-2)18(14-15)23-3;/h4,6-9,13-14H,1,5,10-12H2,2-3H3,(H2,20,21,22);1H. The number of rotatable bonds is 9. The van der Waals surface area contributed by atoms with E-state index in [1.165, 1.54) is 0 Å². The predicted octanol–water partition coefficient (Wildman–Crippen LogP) is 4.09. The first-order valence-corrected chi connectivity index (χ1v) is 8.26. The first-order valence-electron chi connectivity index (χ1n) is 8.26. The van der Waals surface area contributed by atoms with Crippen molar-refractivity contribution in [1.29, 1.82) is 0 Å². The van der Waals surface area contributed by atoms with Gasteiger partial charge in [0.25, 0.3) is 0 Å². The fourth-order valence-corrected chi connectivity index (χ4v) is 2.20. The van der Waals surface area contributed by atoms with Crippen LogP contribution >= 0.6 is 24.0 Å². The molecule has 0 amide bonds. The molecule has 0 unspecified atom stereocenters. The highest BCUT2D eigenvalue weighted by Crippen LogP contribution is 2.30. The predicted molar refractivity (Wildman–Crippen MR) is 116 cm³/mol. The average Bonchev–Trinajstić information content (AvgIpc) is 3.14. The maximum Gasteiger partial charge on any atom is 0.196 e. The van der Waals surface area contributed by atoms with Crippen LogP contribution in [0.4, 0.5) is 5.69 Å². The van der Waals surface area contributed by atoms with Crippen LogP contribution in [0.5, 0.6) is 11.5 Å². The van der Waals surface area contributed by atoms with Gasteiger partial charge >= 0.3 is 0 Å². The summed E-state index contributed by atoms with van der Waals surface area (Å²) < 4.78 is 16.2. The molecule has 0 aliphatic rings. The van der Waals surface area contributed by atoms with Gasteiger partial charge in [-0.05, 0) is 31.2 Å². The first-order chi connectivity index (χ1) is 12.3. The molecule has 2 N–H and O–H groups in total.